The average Bonchev–Trinajstić information content (AvgIpc) is 3.14. The molecule has 0 aliphatic carbocycles. The van der Waals surface area contributed by atoms with Crippen LogP contribution in [0.1, 0.15) is 30.6 Å². The van der Waals surface area contributed by atoms with Crippen LogP contribution in [-0.4, -0.2) is 23.0 Å². The van der Waals surface area contributed by atoms with E-state index in [1.54, 1.807) is 17.4 Å². The van der Waals surface area contributed by atoms with E-state index in [-0.39, 0.29) is 0 Å². The van der Waals surface area contributed by atoms with Gasteiger partial charge in [0.05, 0.1) is 6.04 Å². The first kappa shape index (κ1) is 15.1. The van der Waals surface area contributed by atoms with E-state index in [1.807, 2.05) is 37.4 Å². The molecule has 0 saturated heterocycles. The maximum Gasteiger partial charge on any atom is 0.250 e. The molecule has 3 aromatic heterocycles. The second kappa shape index (κ2) is 5.79. The number of fused-ring (bicyclic) bond motifs is 1. The van der Waals surface area contributed by atoms with Crippen molar-refractivity contribution in [1.82, 2.24) is 19.3 Å². The third-order valence-corrected chi connectivity index (χ3v) is 6.57. The minimum Gasteiger partial charge on any atom is -0.285 e. The van der Waals surface area contributed by atoms with Crippen LogP contribution in [0.5, 0.6) is 0 Å². The number of sulfonamides is 1. The largest absolute Gasteiger partial charge is 0.285 e. The van der Waals surface area contributed by atoms with Crippen LogP contribution >= 0.6 is 11.3 Å². The standard InChI is InChI=1S/C14H16N4O2S2/c1-3-11-7-8-13(21-11)22(19,20)17-10(2)14-16-15-12-6-4-5-9-18(12)14/h4-10,17H,3H2,1-2H3/t10-/m1/s1. The molecule has 1 N–H and O–H groups in total. The van der Waals surface area contributed by atoms with Crippen molar-refractivity contribution >= 4 is 27.0 Å². The van der Waals surface area contributed by atoms with Gasteiger partial charge in [0.2, 0.25) is 0 Å². The van der Waals surface area contributed by atoms with Gasteiger partial charge in [-0.2, -0.15) is 4.72 Å². The number of hydrogen-bond donors (Lipinski definition) is 1. The van der Waals surface area contributed by atoms with Gasteiger partial charge in [-0.25, -0.2) is 8.42 Å². The number of nitrogens with zero attached hydrogens (tertiary/aromatic N) is 3. The van der Waals surface area contributed by atoms with Crippen molar-refractivity contribution in [2.45, 2.75) is 30.5 Å². The number of nitrogens with one attached hydrogen (secondary N) is 1. The number of rotatable bonds is 5. The van der Waals surface area contributed by atoms with Crippen LogP contribution in [0.4, 0.5) is 0 Å². The topological polar surface area (TPSA) is 76.4 Å². The Bertz CT molecular complexity index is 898. The quantitative estimate of drug-likeness (QED) is 0.776. The fourth-order valence-corrected chi connectivity index (χ4v) is 4.70. The Labute approximate surface area is 132 Å². The van der Waals surface area contributed by atoms with Gasteiger partial charge in [-0.05, 0) is 37.6 Å². The first-order chi connectivity index (χ1) is 10.5. The van der Waals surface area contributed by atoms with Gasteiger partial charge >= 0.3 is 0 Å². The summed E-state index contributed by atoms with van der Waals surface area (Å²) in [6.07, 6.45) is 2.64. The zero-order chi connectivity index (χ0) is 15.7. The lowest BCUT2D eigenvalue weighted by Crippen LogP contribution is -2.27. The third kappa shape index (κ3) is 2.77. The molecule has 3 heterocycles. The zero-order valence-electron chi connectivity index (χ0n) is 12.2. The molecule has 6 nitrogen and oxygen atoms in total. The Balaban J connectivity index is 1.88. The van der Waals surface area contributed by atoms with E-state index in [0.29, 0.717) is 15.7 Å². The van der Waals surface area contributed by atoms with Gasteiger partial charge < -0.3 is 0 Å². The SMILES string of the molecule is CCc1ccc(S(=O)(=O)N[C@H](C)c2nnc3ccccn23)s1. The van der Waals surface area contributed by atoms with Gasteiger partial charge in [0.25, 0.3) is 10.0 Å². The van der Waals surface area contributed by atoms with Gasteiger partial charge in [-0.1, -0.05) is 13.0 Å². The minimum absolute atomic E-state index is 0.324. The summed E-state index contributed by atoms with van der Waals surface area (Å²) >= 11 is 1.29. The summed E-state index contributed by atoms with van der Waals surface area (Å²) in [7, 11) is -3.56. The highest BCUT2D eigenvalue weighted by atomic mass is 32.2. The second-order valence-electron chi connectivity index (χ2n) is 4.90. The number of thiophene rings is 1. The Morgan fingerprint density at radius 2 is 2.09 bits per heavy atom. The molecule has 0 aliphatic rings. The molecule has 0 amide bonds. The van der Waals surface area contributed by atoms with Crippen LogP contribution in [-0.2, 0) is 16.4 Å². The molecule has 0 spiro atoms. The zero-order valence-corrected chi connectivity index (χ0v) is 13.9. The molecule has 116 valence electrons. The van der Waals surface area contributed by atoms with Crippen LogP contribution < -0.4 is 4.72 Å². The van der Waals surface area contributed by atoms with Crippen LogP contribution in [0, 0.1) is 0 Å². The third-order valence-electron chi connectivity index (χ3n) is 3.31. The fourth-order valence-electron chi connectivity index (χ4n) is 2.19. The monoisotopic (exact) mass is 336 g/mol. The Kier molecular flexibility index (Phi) is 3.98. The molecule has 0 unspecified atom stereocenters. The molecular formula is C14H16N4O2S2. The van der Waals surface area contributed by atoms with E-state index >= 15 is 0 Å². The van der Waals surface area contributed by atoms with Crippen molar-refractivity contribution in [3.63, 3.8) is 0 Å². The lowest BCUT2D eigenvalue weighted by atomic mass is 10.3. The summed E-state index contributed by atoms with van der Waals surface area (Å²) in [4.78, 5) is 1.04. The van der Waals surface area contributed by atoms with Crippen LogP contribution in [0.2, 0.25) is 0 Å². The van der Waals surface area contributed by atoms with Gasteiger partial charge in [-0.15, -0.1) is 21.5 Å². The summed E-state index contributed by atoms with van der Waals surface area (Å²) < 4.78 is 29.7. The first-order valence-corrected chi connectivity index (χ1v) is 9.22. The molecule has 3 aromatic rings. The van der Waals surface area contributed by atoms with Crippen molar-refractivity contribution < 1.29 is 8.42 Å². The molecule has 0 aliphatic heterocycles. The molecule has 3 rings (SSSR count). The molecule has 1 atom stereocenters. The van der Waals surface area contributed by atoms with Crippen LogP contribution in [0.25, 0.3) is 5.65 Å². The lowest BCUT2D eigenvalue weighted by molar-refractivity contribution is 0.560. The summed E-state index contributed by atoms with van der Waals surface area (Å²) in [5, 5.41) is 8.12. The van der Waals surface area contributed by atoms with E-state index < -0.39 is 16.1 Å². The van der Waals surface area contributed by atoms with Gasteiger partial charge in [0, 0.05) is 11.1 Å². The molecular weight excluding hydrogens is 320 g/mol. The van der Waals surface area contributed by atoms with E-state index in [0.717, 1.165) is 11.3 Å². The summed E-state index contributed by atoms with van der Waals surface area (Å²) in [5.41, 5.74) is 0.688. The van der Waals surface area contributed by atoms with E-state index in [4.69, 9.17) is 0 Å². The number of pyridine rings is 1. The molecule has 0 radical (unpaired) electrons. The summed E-state index contributed by atoms with van der Waals surface area (Å²) in [5.74, 6) is 0.562. The predicted octanol–water partition coefficient (Wildman–Crippen LogP) is 2.39. The predicted molar refractivity (Wildman–Crippen MR) is 85.4 cm³/mol. The van der Waals surface area contributed by atoms with Crippen molar-refractivity contribution in [2.24, 2.45) is 0 Å². The molecule has 0 bridgehead atoms. The lowest BCUT2D eigenvalue weighted by Gasteiger charge is -2.11. The van der Waals surface area contributed by atoms with Gasteiger partial charge in [0.1, 0.15) is 4.21 Å². The molecule has 0 saturated carbocycles. The van der Waals surface area contributed by atoms with Crippen LogP contribution in [0.3, 0.4) is 0 Å². The normalized spacial score (nSPS) is 13.5. The molecule has 0 fully saturated rings. The maximum absolute atomic E-state index is 12.4. The van der Waals surface area contributed by atoms with Crippen molar-refractivity contribution in [3.8, 4) is 0 Å². The minimum atomic E-state index is -3.56. The molecule has 0 aromatic carbocycles. The van der Waals surface area contributed by atoms with Crippen molar-refractivity contribution in [3.05, 3.63) is 47.2 Å². The average molecular weight is 336 g/mol. The summed E-state index contributed by atoms with van der Waals surface area (Å²) in [6.45, 7) is 3.76. The Morgan fingerprint density at radius 3 is 2.82 bits per heavy atom. The Morgan fingerprint density at radius 1 is 1.27 bits per heavy atom. The second-order valence-corrected chi connectivity index (χ2v) is 8.01. The number of aryl methyl sites for hydroxylation is 1. The fraction of sp³-hybridized carbons (Fsp3) is 0.286. The Hall–Kier alpha value is -1.77. The summed E-state index contributed by atoms with van der Waals surface area (Å²) in [6, 6.07) is 8.55. The number of hydrogen-bond acceptors (Lipinski definition) is 5. The van der Waals surface area contributed by atoms with Gasteiger partial charge in [0.15, 0.2) is 11.5 Å². The van der Waals surface area contributed by atoms with Crippen LogP contribution in [0.15, 0.2) is 40.7 Å². The maximum atomic E-state index is 12.4. The molecule has 22 heavy (non-hydrogen) atoms. The van der Waals surface area contributed by atoms with Gasteiger partial charge in [-0.3, -0.25) is 4.40 Å². The number of aromatic nitrogens is 3. The highest BCUT2D eigenvalue weighted by Crippen LogP contribution is 2.23. The van der Waals surface area contributed by atoms with E-state index in [9.17, 15) is 8.42 Å². The molecule has 8 heteroatoms. The highest BCUT2D eigenvalue weighted by molar-refractivity contribution is 7.91. The smallest absolute Gasteiger partial charge is 0.250 e. The van der Waals surface area contributed by atoms with Crippen molar-refractivity contribution in [2.75, 3.05) is 0 Å². The van der Waals surface area contributed by atoms with Crippen molar-refractivity contribution in [1.29, 1.82) is 0 Å². The van der Waals surface area contributed by atoms with E-state index in [2.05, 4.69) is 14.9 Å². The highest BCUT2D eigenvalue weighted by Gasteiger charge is 2.23. The first-order valence-electron chi connectivity index (χ1n) is 6.92. The van der Waals surface area contributed by atoms with E-state index in [1.165, 1.54) is 11.3 Å².